The number of nitrogens with one attached hydrogen (secondary N) is 1. The maximum atomic E-state index is 5.72. The molecular formula is C14H20N4O2. The van der Waals surface area contributed by atoms with Crippen molar-refractivity contribution in [3.8, 4) is 5.75 Å². The molecule has 0 atom stereocenters. The first kappa shape index (κ1) is 14.5. The highest BCUT2D eigenvalue weighted by atomic mass is 16.5. The number of ether oxygens (including phenoxy) is 2. The van der Waals surface area contributed by atoms with Gasteiger partial charge in [-0.15, -0.1) is 0 Å². The molecule has 2 aromatic rings. The van der Waals surface area contributed by atoms with E-state index in [0.29, 0.717) is 13.2 Å². The highest BCUT2D eigenvalue weighted by molar-refractivity contribution is 5.28. The van der Waals surface area contributed by atoms with E-state index in [1.807, 2.05) is 25.2 Å². The predicted octanol–water partition coefficient (Wildman–Crippen LogP) is 1.13. The van der Waals surface area contributed by atoms with E-state index in [1.165, 1.54) is 11.9 Å². The fourth-order valence-electron chi connectivity index (χ4n) is 1.75. The second-order valence-electron chi connectivity index (χ2n) is 4.41. The zero-order chi connectivity index (χ0) is 14.2. The topological polar surface area (TPSA) is 61.2 Å². The Morgan fingerprint density at radius 2 is 2.25 bits per heavy atom. The summed E-state index contributed by atoms with van der Waals surface area (Å²) < 4.78 is 12.4. The second kappa shape index (κ2) is 7.62. The summed E-state index contributed by atoms with van der Waals surface area (Å²) in [5.41, 5.74) is 1.18. The highest BCUT2D eigenvalue weighted by Crippen LogP contribution is 2.14. The summed E-state index contributed by atoms with van der Waals surface area (Å²) in [6.45, 7) is 2.75. The molecule has 0 fully saturated rings. The lowest BCUT2D eigenvalue weighted by Crippen LogP contribution is -2.18. The van der Waals surface area contributed by atoms with E-state index in [1.54, 1.807) is 11.8 Å². The highest BCUT2D eigenvalue weighted by Gasteiger charge is 2.02. The molecule has 6 heteroatoms. The van der Waals surface area contributed by atoms with Gasteiger partial charge in [-0.2, -0.15) is 5.10 Å². The van der Waals surface area contributed by atoms with Gasteiger partial charge < -0.3 is 14.8 Å². The molecule has 0 saturated carbocycles. The number of benzene rings is 1. The van der Waals surface area contributed by atoms with Crippen molar-refractivity contribution in [3.05, 3.63) is 42.0 Å². The first-order valence-electron chi connectivity index (χ1n) is 6.54. The fourth-order valence-corrected chi connectivity index (χ4v) is 1.75. The van der Waals surface area contributed by atoms with Gasteiger partial charge in [0.25, 0.3) is 0 Å². The van der Waals surface area contributed by atoms with E-state index in [9.17, 15) is 0 Å². The lowest BCUT2D eigenvalue weighted by atomic mass is 10.2. The average Bonchev–Trinajstić information content (AvgIpc) is 2.87. The fraction of sp³-hybridized carbons (Fsp3) is 0.429. The van der Waals surface area contributed by atoms with Gasteiger partial charge in [0.15, 0.2) is 5.82 Å². The zero-order valence-corrected chi connectivity index (χ0v) is 11.9. The molecule has 20 heavy (non-hydrogen) atoms. The Hall–Kier alpha value is -1.92. The molecule has 0 radical (unpaired) electrons. The van der Waals surface area contributed by atoms with E-state index in [-0.39, 0.29) is 0 Å². The largest absolute Gasteiger partial charge is 0.486 e. The first-order chi connectivity index (χ1) is 9.79. The van der Waals surface area contributed by atoms with Gasteiger partial charge in [-0.25, -0.2) is 4.98 Å². The van der Waals surface area contributed by atoms with E-state index < -0.39 is 0 Å². The summed E-state index contributed by atoms with van der Waals surface area (Å²) in [5.74, 6) is 1.63. The summed E-state index contributed by atoms with van der Waals surface area (Å²) in [6.07, 6.45) is 1.52. The third-order valence-corrected chi connectivity index (χ3v) is 2.88. The summed E-state index contributed by atoms with van der Waals surface area (Å²) in [7, 11) is 3.55. The maximum absolute atomic E-state index is 5.72. The Bertz CT molecular complexity index is 527. The molecule has 1 N–H and O–H groups in total. The van der Waals surface area contributed by atoms with Gasteiger partial charge in [-0.1, -0.05) is 12.1 Å². The van der Waals surface area contributed by atoms with Crippen molar-refractivity contribution in [2.75, 3.05) is 20.3 Å². The van der Waals surface area contributed by atoms with E-state index in [0.717, 1.165) is 24.7 Å². The molecular weight excluding hydrogens is 256 g/mol. The van der Waals surface area contributed by atoms with Gasteiger partial charge >= 0.3 is 0 Å². The Morgan fingerprint density at radius 1 is 1.35 bits per heavy atom. The molecule has 0 bridgehead atoms. The number of methoxy groups -OCH3 is 1. The Labute approximate surface area is 118 Å². The van der Waals surface area contributed by atoms with Crippen LogP contribution in [0, 0.1) is 0 Å². The molecule has 0 amide bonds. The van der Waals surface area contributed by atoms with Crippen LogP contribution in [0.2, 0.25) is 0 Å². The molecule has 1 aromatic heterocycles. The van der Waals surface area contributed by atoms with Crippen molar-refractivity contribution in [3.63, 3.8) is 0 Å². The Kier molecular flexibility index (Phi) is 5.52. The Morgan fingerprint density at radius 3 is 3.00 bits per heavy atom. The Balaban J connectivity index is 1.84. The van der Waals surface area contributed by atoms with Gasteiger partial charge in [0, 0.05) is 27.2 Å². The van der Waals surface area contributed by atoms with Gasteiger partial charge in [0.05, 0.1) is 6.61 Å². The quantitative estimate of drug-likeness (QED) is 0.732. The van der Waals surface area contributed by atoms with Crippen LogP contribution < -0.4 is 10.1 Å². The number of nitrogens with zero attached hydrogens (tertiary/aromatic N) is 3. The van der Waals surface area contributed by atoms with Crippen molar-refractivity contribution in [1.29, 1.82) is 0 Å². The van der Waals surface area contributed by atoms with Crippen LogP contribution in [0.5, 0.6) is 5.75 Å². The SMILES string of the molecule is COCCNCc1cccc(OCc2ncnn2C)c1. The molecule has 2 rings (SSSR count). The van der Waals surface area contributed by atoms with Gasteiger partial charge in [0.2, 0.25) is 0 Å². The van der Waals surface area contributed by atoms with E-state index in [2.05, 4.69) is 21.5 Å². The third kappa shape index (κ3) is 4.32. The average molecular weight is 276 g/mol. The van der Waals surface area contributed by atoms with E-state index >= 15 is 0 Å². The molecule has 6 nitrogen and oxygen atoms in total. The van der Waals surface area contributed by atoms with Gasteiger partial charge in [-0.05, 0) is 17.7 Å². The molecule has 0 unspecified atom stereocenters. The summed E-state index contributed by atoms with van der Waals surface area (Å²) in [5, 5.41) is 7.31. The van der Waals surface area contributed by atoms with Gasteiger partial charge in [0.1, 0.15) is 18.7 Å². The molecule has 0 aliphatic heterocycles. The molecule has 0 spiro atoms. The molecule has 0 saturated heterocycles. The van der Waals surface area contributed by atoms with Crippen LogP contribution in [0.25, 0.3) is 0 Å². The van der Waals surface area contributed by atoms with Crippen molar-refractivity contribution in [2.45, 2.75) is 13.2 Å². The number of aromatic nitrogens is 3. The minimum Gasteiger partial charge on any atom is -0.486 e. The molecule has 0 aliphatic carbocycles. The van der Waals surface area contributed by atoms with Crippen LogP contribution in [0.15, 0.2) is 30.6 Å². The first-order valence-corrected chi connectivity index (χ1v) is 6.54. The van der Waals surface area contributed by atoms with Crippen LogP contribution in [-0.2, 0) is 24.9 Å². The summed E-state index contributed by atoms with van der Waals surface area (Å²) in [6, 6.07) is 8.01. The minimum absolute atomic E-state index is 0.414. The van der Waals surface area contributed by atoms with Crippen LogP contribution in [-0.4, -0.2) is 35.0 Å². The van der Waals surface area contributed by atoms with Crippen molar-refractivity contribution >= 4 is 0 Å². The van der Waals surface area contributed by atoms with Crippen molar-refractivity contribution in [2.24, 2.45) is 7.05 Å². The number of rotatable bonds is 8. The van der Waals surface area contributed by atoms with E-state index in [4.69, 9.17) is 9.47 Å². The molecule has 108 valence electrons. The summed E-state index contributed by atoms with van der Waals surface area (Å²) in [4.78, 5) is 4.12. The third-order valence-electron chi connectivity index (χ3n) is 2.88. The number of hydrogen-bond donors (Lipinski definition) is 1. The maximum Gasteiger partial charge on any atom is 0.164 e. The molecule has 1 aromatic carbocycles. The van der Waals surface area contributed by atoms with Crippen LogP contribution in [0.3, 0.4) is 0 Å². The normalized spacial score (nSPS) is 10.7. The number of aryl methyl sites for hydroxylation is 1. The zero-order valence-electron chi connectivity index (χ0n) is 11.9. The minimum atomic E-state index is 0.414. The number of hydrogen-bond acceptors (Lipinski definition) is 5. The van der Waals surface area contributed by atoms with Crippen LogP contribution in [0.4, 0.5) is 0 Å². The van der Waals surface area contributed by atoms with Crippen molar-refractivity contribution in [1.82, 2.24) is 20.1 Å². The second-order valence-corrected chi connectivity index (χ2v) is 4.41. The summed E-state index contributed by atoms with van der Waals surface area (Å²) >= 11 is 0. The lowest BCUT2D eigenvalue weighted by Gasteiger charge is -2.08. The standard InChI is InChI=1S/C14H20N4O2/c1-18-14(16-11-17-18)10-20-13-5-3-4-12(8-13)9-15-6-7-19-2/h3-5,8,11,15H,6-7,9-10H2,1-2H3. The van der Waals surface area contributed by atoms with Gasteiger partial charge in [-0.3, -0.25) is 4.68 Å². The van der Waals surface area contributed by atoms with Crippen molar-refractivity contribution < 1.29 is 9.47 Å². The molecule has 0 aliphatic rings. The van der Waals surface area contributed by atoms with Crippen LogP contribution >= 0.6 is 0 Å². The van der Waals surface area contributed by atoms with Crippen LogP contribution in [0.1, 0.15) is 11.4 Å². The smallest absolute Gasteiger partial charge is 0.164 e. The molecule has 1 heterocycles. The lowest BCUT2D eigenvalue weighted by molar-refractivity contribution is 0.199. The monoisotopic (exact) mass is 276 g/mol. The predicted molar refractivity (Wildman–Crippen MR) is 75.4 cm³/mol.